The molecule has 0 amide bonds. The predicted molar refractivity (Wildman–Crippen MR) is 94.2 cm³/mol. The highest BCUT2D eigenvalue weighted by Gasteiger charge is 2.43. The van der Waals surface area contributed by atoms with Crippen molar-refractivity contribution in [2.24, 2.45) is 0 Å². The number of sulfone groups is 1. The number of fused-ring (bicyclic) bond motifs is 1. The molecule has 2 saturated heterocycles. The Hall–Kier alpha value is -1.67. The van der Waals surface area contributed by atoms with Crippen LogP contribution < -0.4 is 15.1 Å². The summed E-state index contributed by atoms with van der Waals surface area (Å²) in [4.78, 5) is 13.5. The molecular formula is C16H23N5O2S. The number of rotatable bonds is 2. The molecule has 0 saturated carbocycles. The van der Waals surface area contributed by atoms with Crippen molar-refractivity contribution in [1.29, 1.82) is 0 Å². The Balaban J connectivity index is 1.59. The Labute approximate surface area is 142 Å². The fourth-order valence-corrected chi connectivity index (χ4v) is 5.71. The number of piperazine rings is 1. The van der Waals surface area contributed by atoms with Crippen LogP contribution in [0.15, 0.2) is 23.9 Å². The second-order valence-corrected chi connectivity index (χ2v) is 9.01. The van der Waals surface area contributed by atoms with Crippen LogP contribution in [0.3, 0.4) is 0 Å². The summed E-state index contributed by atoms with van der Waals surface area (Å²) in [7, 11) is -2.97. The molecule has 2 atom stereocenters. The highest BCUT2D eigenvalue weighted by atomic mass is 32.2. The predicted octanol–water partition coefficient (Wildman–Crippen LogP) is 0.208. The minimum Gasteiger partial charge on any atom is -0.350 e. The molecule has 4 heterocycles. The van der Waals surface area contributed by atoms with Crippen LogP contribution >= 0.6 is 0 Å². The lowest BCUT2D eigenvalue weighted by molar-refractivity contribution is 0.422. The fraction of sp³-hybridized carbons (Fsp3) is 0.625. The number of nitrogens with one attached hydrogen (secondary N) is 1. The third kappa shape index (κ3) is 3.00. The summed E-state index contributed by atoms with van der Waals surface area (Å²) < 4.78 is 24.0. The molecule has 7 nitrogen and oxygen atoms in total. The van der Waals surface area contributed by atoms with Gasteiger partial charge in [0.15, 0.2) is 9.84 Å². The van der Waals surface area contributed by atoms with Crippen LogP contribution in [-0.2, 0) is 9.84 Å². The van der Waals surface area contributed by atoms with E-state index < -0.39 is 9.84 Å². The lowest BCUT2D eigenvalue weighted by atomic mass is 10.1. The minimum absolute atomic E-state index is 0.00253. The molecule has 0 spiro atoms. The van der Waals surface area contributed by atoms with Gasteiger partial charge in [0.2, 0.25) is 5.95 Å². The van der Waals surface area contributed by atoms with E-state index in [-0.39, 0.29) is 23.6 Å². The second-order valence-electron chi connectivity index (χ2n) is 6.86. The SMILES string of the molecule is CC1=CCN(c2nccc(N3CCN[C@H]4CS(=O)(=O)C[C@H]43)n2)CC1. The molecule has 0 bridgehead atoms. The summed E-state index contributed by atoms with van der Waals surface area (Å²) >= 11 is 0. The molecule has 1 aromatic rings. The van der Waals surface area contributed by atoms with Crippen LogP contribution in [0.25, 0.3) is 0 Å². The maximum Gasteiger partial charge on any atom is 0.227 e. The third-order valence-electron chi connectivity index (χ3n) is 5.12. The first-order valence-electron chi connectivity index (χ1n) is 8.46. The second kappa shape index (κ2) is 6.00. The lowest BCUT2D eigenvalue weighted by Crippen LogP contribution is -2.57. The van der Waals surface area contributed by atoms with Gasteiger partial charge in [-0.3, -0.25) is 0 Å². The van der Waals surface area contributed by atoms with Crippen LogP contribution in [0, 0.1) is 0 Å². The normalized spacial score (nSPS) is 29.3. The van der Waals surface area contributed by atoms with Crippen LogP contribution in [0.5, 0.6) is 0 Å². The largest absolute Gasteiger partial charge is 0.350 e. The van der Waals surface area contributed by atoms with E-state index in [0.29, 0.717) is 0 Å². The van der Waals surface area contributed by atoms with Crippen molar-refractivity contribution in [3.05, 3.63) is 23.9 Å². The Morgan fingerprint density at radius 2 is 2.17 bits per heavy atom. The standard InChI is InChI=1S/C16H23N5O2S/c1-12-3-7-20(8-4-12)16-18-5-2-15(19-16)21-9-6-17-13-10-24(22,23)11-14(13)21/h2-3,5,13-14,17H,4,6-11H2,1H3/t13-,14+/m0/s1. The van der Waals surface area contributed by atoms with Gasteiger partial charge in [0.1, 0.15) is 5.82 Å². The van der Waals surface area contributed by atoms with Gasteiger partial charge >= 0.3 is 0 Å². The molecule has 24 heavy (non-hydrogen) atoms. The average Bonchev–Trinajstić information content (AvgIpc) is 2.89. The van der Waals surface area contributed by atoms with Crippen LogP contribution in [0.4, 0.5) is 11.8 Å². The quantitative estimate of drug-likeness (QED) is 0.765. The van der Waals surface area contributed by atoms with Crippen molar-refractivity contribution in [1.82, 2.24) is 15.3 Å². The van der Waals surface area contributed by atoms with Crippen molar-refractivity contribution >= 4 is 21.6 Å². The van der Waals surface area contributed by atoms with Gasteiger partial charge in [-0.1, -0.05) is 11.6 Å². The van der Waals surface area contributed by atoms with Gasteiger partial charge < -0.3 is 15.1 Å². The summed E-state index contributed by atoms with van der Waals surface area (Å²) in [5, 5.41) is 3.34. The minimum atomic E-state index is -2.97. The van der Waals surface area contributed by atoms with E-state index in [1.807, 2.05) is 6.07 Å². The zero-order valence-electron chi connectivity index (χ0n) is 13.9. The van der Waals surface area contributed by atoms with E-state index in [2.05, 4.69) is 33.1 Å². The molecule has 8 heteroatoms. The first-order valence-corrected chi connectivity index (χ1v) is 10.3. The smallest absolute Gasteiger partial charge is 0.227 e. The fourth-order valence-electron chi connectivity index (χ4n) is 3.76. The number of hydrogen-bond donors (Lipinski definition) is 1. The zero-order chi connectivity index (χ0) is 16.7. The van der Waals surface area contributed by atoms with Crippen molar-refractivity contribution in [3.63, 3.8) is 0 Å². The molecular weight excluding hydrogens is 326 g/mol. The van der Waals surface area contributed by atoms with E-state index in [9.17, 15) is 8.42 Å². The first-order chi connectivity index (χ1) is 11.5. The van der Waals surface area contributed by atoms with Gasteiger partial charge in [0.05, 0.1) is 17.5 Å². The van der Waals surface area contributed by atoms with Crippen molar-refractivity contribution in [3.8, 4) is 0 Å². The molecule has 0 aliphatic carbocycles. The third-order valence-corrected chi connectivity index (χ3v) is 6.84. The molecule has 3 aliphatic rings. The lowest BCUT2D eigenvalue weighted by Gasteiger charge is -2.38. The number of anilines is 2. The van der Waals surface area contributed by atoms with Crippen LogP contribution in [0.2, 0.25) is 0 Å². The Morgan fingerprint density at radius 1 is 1.29 bits per heavy atom. The van der Waals surface area contributed by atoms with Crippen LogP contribution in [-0.4, -0.2) is 68.2 Å². The number of nitrogens with zero attached hydrogens (tertiary/aromatic N) is 4. The van der Waals surface area contributed by atoms with Gasteiger partial charge in [-0.15, -0.1) is 0 Å². The first kappa shape index (κ1) is 15.8. The van der Waals surface area contributed by atoms with E-state index in [1.54, 1.807) is 6.20 Å². The Morgan fingerprint density at radius 3 is 2.96 bits per heavy atom. The van der Waals surface area contributed by atoms with E-state index in [1.165, 1.54) is 5.57 Å². The van der Waals surface area contributed by atoms with Gasteiger partial charge in [-0.2, -0.15) is 4.98 Å². The number of hydrogen-bond acceptors (Lipinski definition) is 7. The molecule has 4 rings (SSSR count). The van der Waals surface area contributed by atoms with Gasteiger partial charge in [0, 0.05) is 38.4 Å². The molecule has 1 N–H and O–H groups in total. The molecule has 0 unspecified atom stereocenters. The maximum absolute atomic E-state index is 12.0. The van der Waals surface area contributed by atoms with E-state index in [4.69, 9.17) is 4.98 Å². The zero-order valence-corrected chi connectivity index (χ0v) is 14.7. The summed E-state index contributed by atoms with van der Waals surface area (Å²) in [5.41, 5.74) is 1.41. The topological polar surface area (TPSA) is 78.4 Å². The molecule has 0 radical (unpaired) electrons. The maximum atomic E-state index is 12.0. The van der Waals surface area contributed by atoms with Crippen molar-refractivity contribution in [2.75, 3.05) is 47.5 Å². The molecule has 3 aliphatic heterocycles. The van der Waals surface area contributed by atoms with Gasteiger partial charge in [-0.05, 0) is 19.4 Å². The van der Waals surface area contributed by atoms with Crippen molar-refractivity contribution in [2.45, 2.75) is 25.4 Å². The highest BCUT2D eigenvalue weighted by Crippen LogP contribution is 2.27. The average molecular weight is 349 g/mol. The Kier molecular flexibility index (Phi) is 3.96. The molecule has 1 aromatic heterocycles. The van der Waals surface area contributed by atoms with Crippen LogP contribution in [0.1, 0.15) is 13.3 Å². The summed E-state index contributed by atoms with van der Waals surface area (Å²) in [6.07, 6.45) is 5.03. The summed E-state index contributed by atoms with van der Waals surface area (Å²) in [5.74, 6) is 1.99. The summed E-state index contributed by atoms with van der Waals surface area (Å²) in [6, 6.07) is 1.86. The molecule has 2 fully saturated rings. The Bertz CT molecular complexity index is 763. The van der Waals surface area contributed by atoms with Gasteiger partial charge in [0.25, 0.3) is 0 Å². The number of aromatic nitrogens is 2. The highest BCUT2D eigenvalue weighted by molar-refractivity contribution is 7.91. The monoisotopic (exact) mass is 349 g/mol. The van der Waals surface area contributed by atoms with Crippen molar-refractivity contribution < 1.29 is 8.42 Å². The summed E-state index contributed by atoms with van der Waals surface area (Å²) in [6.45, 7) is 5.45. The molecule has 130 valence electrons. The molecule has 0 aromatic carbocycles. The van der Waals surface area contributed by atoms with E-state index in [0.717, 1.165) is 44.4 Å². The van der Waals surface area contributed by atoms with E-state index >= 15 is 0 Å². The van der Waals surface area contributed by atoms with Gasteiger partial charge in [-0.25, -0.2) is 13.4 Å².